The van der Waals surface area contributed by atoms with Crippen LogP contribution in [0.1, 0.15) is 26.2 Å². The third-order valence-corrected chi connectivity index (χ3v) is 1.72. The van der Waals surface area contributed by atoms with E-state index in [1.54, 1.807) is 18.2 Å². The van der Waals surface area contributed by atoms with Gasteiger partial charge in [0.25, 0.3) is 0 Å². The molecule has 0 aromatic rings. The highest BCUT2D eigenvalue weighted by molar-refractivity contribution is 5.24. The second kappa shape index (κ2) is 8.38. The molecule has 0 heterocycles. The topological polar surface area (TPSA) is 66.5 Å². The first-order valence-electron chi connectivity index (χ1n) is 4.81. The molecule has 0 spiro atoms. The van der Waals surface area contributed by atoms with Crippen molar-refractivity contribution in [3.8, 4) is 0 Å². The summed E-state index contributed by atoms with van der Waals surface area (Å²) in [7, 11) is 0. The highest BCUT2D eigenvalue weighted by Gasteiger charge is 1.94. The Balaban J connectivity index is 3.97. The summed E-state index contributed by atoms with van der Waals surface area (Å²) in [4.78, 5) is 0. The molecule has 0 aromatic heterocycles. The molecule has 0 bridgehead atoms. The average Bonchev–Trinajstić information content (AvgIpc) is 2.20. The van der Waals surface area contributed by atoms with Crippen LogP contribution in [0.2, 0.25) is 0 Å². The van der Waals surface area contributed by atoms with Gasteiger partial charge in [0.15, 0.2) is 0 Å². The van der Waals surface area contributed by atoms with Crippen molar-refractivity contribution in [1.29, 1.82) is 0 Å². The Labute approximate surface area is 85.2 Å². The zero-order chi connectivity index (χ0) is 10.8. The predicted octanol–water partition coefficient (Wildman–Crippen LogP) is 2.01. The van der Waals surface area contributed by atoms with E-state index in [9.17, 15) is 5.11 Å². The van der Waals surface area contributed by atoms with Gasteiger partial charge in [0.1, 0.15) is 5.76 Å². The number of hydrogen-bond donors (Lipinski definition) is 3. The van der Waals surface area contributed by atoms with E-state index < -0.39 is 0 Å². The lowest BCUT2D eigenvalue weighted by Crippen LogP contribution is -2.00. The molecule has 0 atom stereocenters. The van der Waals surface area contributed by atoms with Gasteiger partial charge in [0.05, 0.1) is 5.70 Å². The molecule has 0 unspecified atom stereocenters. The number of unbranched alkanes of at least 4 members (excludes halogenated alkanes) is 2. The predicted molar refractivity (Wildman–Crippen MR) is 58.7 cm³/mol. The van der Waals surface area contributed by atoms with Crippen LogP contribution in [0.15, 0.2) is 35.8 Å². The standard InChI is InChI=1S/C11H19NO2/c1-2-3-8-11(14)10(12)7-5-4-6-9-13/h2-3,7-8,13-14H,4-6,9,12H2,1H3/b3-2-,10-7+,11-8+. The number of nitrogens with two attached hydrogens (primary N) is 1. The van der Waals surface area contributed by atoms with Crippen LogP contribution in [0.25, 0.3) is 0 Å². The van der Waals surface area contributed by atoms with Crippen LogP contribution in [0.3, 0.4) is 0 Å². The number of allylic oxidation sites excluding steroid dienone is 4. The highest BCUT2D eigenvalue weighted by atomic mass is 16.3. The molecule has 0 amide bonds. The van der Waals surface area contributed by atoms with Gasteiger partial charge < -0.3 is 15.9 Å². The third-order valence-electron chi connectivity index (χ3n) is 1.72. The summed E-state index contributed by atoms with van der Waals surface area (Å²) in [6, 6.07) is 0. The van der Waals surface area contributed by atoms with E-state index in [1.165, 1.54) is 0 Å². The van der Waals surface area contributed by atoms with E-state index in [0.29, 0.717) is 5.70 Å². The summed E-state index contributed by atoms with van der Waals surface area (Å²) in [5.41, 5.74) is 5.98. The van der Waals surface area contributed by atoms with Crippen molar-refractivity contribution < 1.29 is 10.2 Å². The first kappa shape index (κ1) is 12.8. The van der Waals surface area contributed by atoms with Crippen molar-refractivity contribution in [2.75, 3.05) is 6.61 Å². The van der Waals surface area contributed by atoms with E-state index in [0.717, 1.165) is 19.3 Å². The molecule has 0 rings (SSSR count). The quantitative estimate of drug-likeness (QED) is 0.346. The van der Waals surface area contributed by atoms with E-state index in [1.807, 2.05) is 13.0 Å². The third kappa shape index (κ3) is 6.31. The van der Waals surface area contributed by atoms with Gasteiger partial charge in [0.2, 0.25) is 0 Å². The molecule has 80 valence electrons. The minimum absolute atomic E-state index is 0.0899. The molecule has 0 saturated carbocycles. The number of aliphatic hydroxyl groups excluding tert-OH is 2. The summed E-state index contributed by atoms with van der Waals surface area (Å²) in [6.45, 7) is 2.07. The van der Waals surface area contributed by atoms with Crippen molar-refractivity contribution >= 4 is 0 Å². The van der Waals surface area contributed by atoms with Gasteiger partial charge in [-0.05, 0) is 32.3 Å². The zero-order valence-electron chi connectivity index (χ0n) is 8.61. The van der Waals surface area contributed by atoms with Gasteiger partial charge in [-0.2, -0.15) is 0 Å². The van der Waals surface area contributed by atoms with Gasteiger partial charge in [-0.25, -0.2) is 0 Å². The number of hydrogen-bond acceptors (Lipinski definition) is 3. The van der Waals surface area contributed by atoms with Gasteiger partial charge >= 0.3 is 0 Å². The van der Waals surface area contributed by atoms with Crippen LogP contribution >= 0.6 is 0 Å². The molecular formula is C11H19NO2. The van der Waals surface area contributed by atoms with Gasteiger partial charge in [-0.15, -0.1) is 0 Å². The maximum atomic E-state index is 9.37. The van der Waals surface area contributed by atoms with Crippen LogP contribution in [-0.2, 0) is 0 Å². The molecule has 0 radical (unpaired) electrons. The van der Waals surface area contributed by atoms with E-state index in [4.69, 9.17) is 10.8 Å². The van der Waals surface area contributed by atoms with Gasteiger partial charge in [-0.3, -0.25) is 0 Å². The number of rotatable bonds is 6. The molecule has 0 aliphatic carbocycles. The summed E-state index contributed by atoms with van der Waals surface area (Å²) < 4.78 is 0. The molecule has 3 nitrogen and oxygen atoms in total. The second-order valence-electron chi connectivity index (χ2n) is 2.96. The maximum Gasteiger partial charge on any atom is 0.138 e. The van der Waals surface area contributed by atoms with E-state index in [-0.39, 0.29) is 12.4 Å². The Morgan fingerprint density at radius 1 is 1.36 bits per heavy atom. The smallest absolute Gasteiger partial charge is 0.138 e. The minimum Gasteiger partial charge on any atom is -0.506 e. The molecule has 0 fully saturated rings. The van der Waals surface area contributed by atoms with Crippen molar-refractivity contribution in [2.45, 2.75) is 26.2 Å². The first-order valence-corrected chi connectivity index (χ1v) is 4.81. The molecule has 0 saturated heterocycles. The second-order valence-corrected chi connectivity index (χ2v) is 2.96. The molecule has 14 heavy (non-hydrogen) atoms. The van der Waals surface area contributed by atoms with Crippen LogP contribution in [0, 0.1) is 0 Å². The first-order chi connectivity index (χ1) is 6.72. The van der Waals surface area contributed by atoms with Crippen molar-refractivity contribution in [1.82, 2.24) is 0 Å². The van der Waals surface area contributed by atoms with Gasteiger partial charge in [-0.1, -0.05) is 18.2 Å². The lowest BCUT2D eigenvalue weighted by molar-refractivity contribution is 0.285. The van der Waals surface area contributed by atoms with Crippen molar-refractivity contribution in [3.05, 3.63) is 35.8 Å². The summed E-state index contributed by atoms with van der Waals surface area (Å²) in [5, 5.41) is 17.9. The van der Waals surface area contributed by atoms with Crippen LogP contribution < -0.4 is 5.73 Å². The van der Waals surface area contributed by atoms with Crippen LogP contribution in [0.4, 0.5) is 0 Å². The van der Waals surface area contributed by atoms with Crippen molar-refractivity contribution in [2.24, 2.45) is 5.73 Å². The number of aliphatic hydroxyl groups is 2. The summed E-state index contributed by atoms with van der Waals surface area (Å²) >= 11 is 0. The Bertz CT molecular complexity index is 229. The molecule has 4 N–H and O–H groups in total. The van der Waals surface area contributed by atoms with E-state index in [2.05, 4.69) is 0 Å². The summed E-state index contributed by atoms with van der Waals surface area (Å²) in [5.74, 6) is 0.0899. The molecule has 0 aliphatic rings. The maximum absolute atomic E-state index is 9.37. The van der Waals surface area contributed by atoms with E-state index >= 15 is 0 Å². The minimum atomic E-state index is 0.0899. The Hall–Kier alpha value is -1.22. The summed E-state index contributed by atoms with van der Waals surface area (Å²) in [6.07, 6.45) is 9.29. The Morgan fingerprint density at radius 3 is 2.64 bits per heavy atom. The van der Waals surface area contributed by atoms with Crippen LogP contribution in [-0.4, -0.2) is 16.8 Å². The fraction of sp³-hybridized carbons (Fsp3) is 0.455. The molecular weight excluding hydrogens is 178 g/mol. The lowest BCUT2D eigenvalue weighted by Gasteiger charge is -1.99. The SMILES string of the molecule is C\C=C/C=C(O)\C(N)=C/CCCCO. The van der Waals surface area contributed by atoms with Crippen molar-refractivity contribution in [3.63, 3.8) is 0 Å². The fourth-order valence-electron chi connectivity index (χ4n) is 0.902. The normalized spacial score (nSPS) is 13.9. The van der Waals surface area contributed by atoms with Crippen LogP contribution in [0.5, 0.6) is 0 Å². The Morgan fingerprint density at radius 2 is 2.07 bits per heavy atom. The average molecular weight is 197 g/mol. The molecule has 3 heteroatoms. The molecule has 0 aromatic carbocycles. The lowest BCUT2D eigenvalue weighted by atomic mass is 10.2. The fourth-order valence-corrected chi connectivity index (χ4v) is 0.902. The monoisotopic (exact) mass is 197 g/mol. The zero-order valence-corrected chi connectivity index (χ0v) is 8.61. The van der Waals surface area contributed by atoms with Gasteiger partial charge in [0, 0.05) is 6.61 Å². The highest BCUT2D eigenvalue weighted by Crippen LogP contribution is 2.04. The largest absolute Gasteiger partial charge is 0.506 e. The molecule has 0 aliphatic heterocycles. The Kier molecular flexibility index (Phi) is 7.65.